The molecule has 0 unspecified atom stereocenters. The van der Waals surface area contributed by atoms with Gasteiger partial charge in [-0.2, -0.15) is 13.2 Å². The molecule has 5 nitrogen and oxygen atoms in total. The smallest absolute Gasteiger partial charge is 0.339 e. The van der Waals surface area contributed by atoms with E-state index < -0.39 is 17.8 Å². The van der Waals surface area contributed by atoms with Crippen molar-refractivity contribution < 1.29 is 22.8 Å². The number of alkyl halides is 3. The number of amides is 3. The fourth-order valence-electron chi connectivity index (χ4n) is 2.53. The minimum atomic E-state index is -4.54. The van der Waals surface area contributed by atoms with Crippen LogP contribution in [0.5, 0.6) is 0 Å². The second-order valence-electron chi connectivity index (χ2n) is 5.94. The van der Waals surface area contributed by atoms with Gasteiger partial charge < -0.3 is 15.1 Å². The van der Waals surface area contributed by atoms with Crippen molar-refractivity contribution in [1.29, 1.82) is 0 Å². The number of anilines is 1. The average Bonchev–Trinajstić information content (AvgIpc) is 2.53. The molecule has 0 aliphatic carbocycles. The summed E-state index contributed by atoms with van der Waals surface area (Å²) in [6.07, 6.45) is -4.54. The Morgan fingerprint density at radius 2 is 1.58 bits per heavy atom. The molecular formula is C16H20F3N3O2. The standard InChI is InChI=1S/C16H20F3N3O2/c1-11(2)14(23)21-7-9-22(10-8-21)15(24)20-13-6-4-3-5-12(13)16(17,18)19/h3-6,11H,7-10H2,1-2H3,(H,20,24). The van der Waals surface area contributed by atoms with Crippen LogP contribution in [0, 0.1) is 5.92 Å². The number of piperazine rings is 1. The van der Waals surface area contributed by atoms with Crippen molar-refractivity contribution in [2.75, 3.05) is 31.5 Å². The summed E-state index contributed by atoms with van der Waals surface area (Å²) < 4.78 is 38.8. The molecule has 1 aliphatic heterocycles. The van der Waals surface area contributed by atoms with Crippen LogP contribution in [-0.2, 0) is 11.0 Å². The van der Waals surface area contributed by atoms with Crippen molar-refractivity contribution >= 4 is 17.6 Å². The van der Waals surface area contributed by atoms with Crippen molar-refractivity contribution in [3.8, 4) is 0 Å². The molecule has 0 aromatic heterocycles. The minimum Gasteiger partial charge on any atom is -0.339 e. The highest BCUT2D eigenvalue weighted by Gasteiger charge is 2.34. The fourth-order valence-corrected chi connectivity index (χ4v) is 2.53. The van der Waals surface area contributed by atoms with Crippen molar-refractivity contribution in [3.05, 3.63) is 29.8 Å². The first-order valence-corrected chi connectivity index (χ1v) is 7.71. The number of hydrogen-bond donors (Lipinski definition) is 1. The lowest BCUT2D eigenvalue weighted by molar-refractivity contribution is -0.137. The van der Waals surface area contributed by atoms with Gasteiger partial charge >= 0.3 is 12.2 Å². The second kappa shape index (κ2) is 7.11. The minimum absolute atomic E-state index is 0.0116. The predicted octanol–water partition coefficient (Wildman–Crippen LogP) is 3.04. The quantitative estimate of drug-likeness (QED) is 0.897. The van der Waals surface area contributed by atoms with Crippen LogP contribution in [-0.4, -0.2) is 47.9 Å². The Labute approximate surface area is 138 Å². The molecule has 1 aromatic rings. The van der Waals surface area contributed by atoms with E-state index in [-0.39, 0.29) is 17.5 Å². The Morgan fingerprint density at radius 1 is 1.04 bits per heavy atom. The van der Waals surface area contributed by atoms with Gasteiger partial charge in [-0.05, 0) is 12.1 Å². The number of benzene rings is 1. The van der Waals surface area contributed by atoms with E-state index in [1.165, 1.54) is 23.1 Å². The Morgan fingerprint density at radius 3 is 2.12 bits per heavy atom. The number of halogens is 3. The molecule has 0 bridgehead atoms. The van der Waals surface area contributed by atoms with Crippen molar-refractivity contribution in [2.45, 2.75) is 20.0 Å². The van der Waals surface area contributed by atoms with E-state index in [0.29, 0.717) is 26.2 Å². The van der Waals surface area contributed by atoms with Gasteiger partial charge in [0.05, 0.1) is 11.3 Å². The maximum absolute atomic E-state index is 12.9. The van der Waals surface area contributed by atoms with Gasteiger partial charge in [0, 0.05) is 32.1 Å². The van der Waals surface area contributed by atoms with Crippen LogP contribution in [0.3, 0.4) is 0 Å². The maximum atomic E-state index is 12.9. The Hall–Kier alpha value is -2.25. The number of nitrogens with one attached hydrogen (secondary N) is 1. The first kappa shape index (κ1) is 18.1. The highest BCUT2D eigenvalue weighted by molar-refractivity contribution is 5.90. The molecule has 1 aromatic carbocycles. The fraction of sp³-hybridized carbons (Fsp3) is 0.500. The van der Waals surface area contributed by atoms with Crippen molar-refractivity contribution in [2.24, 2.45) is 5.92 Å². The summed E-state index contributed by atoms with van der Waals surface area (Å²) in [5, 5.41) is 2.32. The summed E-state index contributed by atoms with van der Waals surface area (Å²) in [6, 6.07) is 4.26. The molecular weight excluding hydrogens is 323 g/mol. The third-order valence-electron chi connectivity index (χ3n) is 3.85. The molecule has 8 heteroatoms. The van der Waals surface area contributed by atoms with E-state index in [1.807, 2.05) is 0 Å². The summed E-state index contributed by atoms with van der Waals surface area (Å²) in [4.78, 5) is 27.2. The molecule has 3 amide bonds. The van der Waals surface area contributed by atoms with Gasteiger partial charge in [0.25, 0.3) is 0 Å². The largest absolute Gasteiger partial charge is 0.418 e. The van der Waals surface area contributed by atoms with Crippen LogP contribution in [0.15, 0.2) is 24.3 Å². The molecule has 1 heterocycles. The highest BCUT2D eigenvalue weighted by atomic mass is 19.4. The van der Waals surface area contributed by atoms with E-state index in [0.717, 1.165) is 6.07 Å². The third kappa shape index (κ3) is 4.18. The average molecular weight is 343 g/mol. The molecule has 1 saturated heterocycles. The van der Waals surface area contributed by atoms with Gasteiger partial charge in [0.1, 0.15) is 0 Å². The lowest BCUT2D eigenvalue weighted by Crippen LogP contribution is -2.52. The number of carbonyl (C=O) groups is 2. The van der Waals surface area contributed by atoms with E-state index in [9.17, 15) is 22.8 Å². The molecule has 0 saturated carbocycles. The lowest BCUT2D eigenvalue weighted by atomic mass is 10.1. The second-order valence-corrected chi connectivity index (χ2v) is 5.94. The predicted molar refractivity (Wildman–Crippen MR) is 83.5 cm³/mol. The van der Waals surface area contributed by atoms with Crippen molar-refractivity contribution in [1.82, 2.24) is 9.80 Å². The van der Waals surface area contributed by atoms with Crippen LogP contribution in [0.25, 0.3) is 0 Å². The zero-order valence-electron chi connectivity index (χ0n) is 13.6. The number of urea groups is 1. The zero-order valence-corrected chi connectivity index (χ0v) is 13.6. The summed E-state index contributed by atoms with van der Waals surface area (Å²) in [5.41, 5.74) is -1.15. The zero-order chi connectivity index (χ0) is 17.9. The highest BCUT2D eigenvalue weighted by Crippen LogP contribution is 2.34. The van der Waals surface area contributed by atoms with Crippen LogP contribution in [0.4, 0.5) is 23.7 Å². The van der Waals surface area contributed by atoms with Gasteiger partial charge in [0.15, 0.2) is 0 Å². The molecule has 0 atom stereocenters. The molecule has 1 N–H and O–H groups in total. The number of para-hydroxylation sites is 1. The maximum Gasteiger partial charge on any atom is 0.418 e. The number of nitrogens with zero attached hydrogens (tertiary/aromatic N) is 2. The first-order chi connectivity index (χ1) is 11.2. The summed E-state index contributed by atoms with van der Waals surface area (Å²) in [7, 11) is 0. The van der Waals surface area contributed by atoms with E-state index in [1.54, 1.807) is 18.7 Å². The van der Waals surface area contributed by atoms with Crippen molar-refractivity contribution in [3.63, 3.8) is 0 Å². The van der Waals surface area contributed by atoms with Crippen LogP contribution in [0.2, 0.25) is 0 Å². The van der Waals surface area contributed by atoms with E-state index in [2.05, 4.69) is 5.32 Å². The number of rotatable bonds is 2. The molecule has 132 valence electrons. The summed E-state index contributed by atoms with van der Waals surface area (Å²) >= 11 is 0. The van der Waals surface area contributed by atoms with Gasteiger partial charge in [-0.3, -0.25) is 4.79 Å². The van der Waals surface area contributed by atoms with Crippen LogP contribution in [0.1, 0.15) is 19.4 Å². The summed E-state index contributed by atoms with van der Waals surface area (Å²) in [5.74, 6) is -0.110. The molecule has 24 heavy (non-hydrogen) atoms. The molecule has 1 fully saturated rings. The van der Waals surface area contributed by atoms with E-state index >= 15 is 0 Å². The Kier molecular flexibility index (Phi) is 5.36. The van der Waals surface area contributed by atoms with Gasteiger partial charge in [-0.1, -0.05) is 26.0 Å². The topological polar surface area (TPSA) is 52.7 Å². The first-order valence-electron chi connectivity index (χ1n) is 7.71. The SMILES string of the molecule is CC(C)C(=O)N1CCN(C(=O)Nc2ccccc2C(F)(F)F)CC1. The monoisotopic (exact) mass is 343 g/mol. The van der Waals surface area contributed by atoms with Gasteiger partial charge in [-0.15, -0.1) is 0 Å². The third-order valence-corrected chi connectivity index (χ3v) is 3.85. The molecule has 1 aliphatic rings. The Balaban J connectivity index is 1.99. The Bertz CT molecular complexity index is 609. The molecule has 0 spiro atoms. The lowest BCUT2D eigenvalue weighted by Gasteiger charge is -2.35. The normalized spacial score (nSPS) is 15.6. The summed E-state index contributed by atoms with van der Waals surface area (Å²) in [6.45, 7) is 4.94. The molecule has 0 radical (unpaired) electrons. The number of carbonyl (C=O) groups excluding carboxylic acids is 2. The van der Waals surface area contributed by atoms with Gasteiger partial charge in [0.2, 0.25) is 5.91 Å². The van der Waals surface area contributed by atoms with Crippen LogP contribution >= 0.6 is 0 Å². The molecule has 2 rings (SSSR count). The van der Waals surface area contributed by atoms with E-state index in [4.69, 9.17) is 0 Å². The van der Waals surface area contributed by atoms with Crippen LogP contribution < -0.4 is 5.32 Å². The number of hydrogen-bond acceptors (Lipinski definition) is 2. The van der Waals surface area contributed by atoms with Gasteiger partial charge in [-0.25, -0.2) is 4.79 Å².